The molecule has 0 bridgehead atoms. The first-order valence-electron chi connectivity index (χ1n) is 13.4. The first-order chi connectivity index (χ1) is 18.3. The minimum absolute atomic E-state index is 0.0787. The number of rotatable bonds is 7. The lowest BCUT2D eigenvalue weighted by molar-refractivity contribution is 0.0275. The number of methoxy groups -OCH3 is 1. The molecular formula is C28H37N5O5. The maximum absolute atomic E-state index is 12.3. The molecule has 1 aromatic carbocycles. The van der Waals surface area contributed by atoms with E-state index in [0.29, 0.717) is 37.5 Å². The molecule has 2 aromatic heterocycles. The van der Waals surface area contributed by atoms with Gasteiger partial charge in [-0.05, 0) is 57.9 Å². The number of amides is 1. The third-order valence-electron chi connectivity index (χ3n) is 6.97. The van der Waals surface area contributed by atoms with E-state index in [2.05, 4.69) is 19.9 Å². The van der Waals surface area contributed by atoms with Gasteiger partial charge in [0.1, 0.15) is 17.5 Å². The quantitative estimate of drug-likeness (QED) is 0.392. The van der Waals surface area contributed by atoms with E-state index in [9.17, 15) is 4.79 Å². The Kier molecular flexibility index (Phi) is 7.69. The predicted molar refractivity (Wildman–Crippen MR) is 141 cm³/mol. The van der Waals surface area contributed by atoms with Gasteiger partial charge in [0, 0.05) is 25.6 Å². The molecular weight excluding hydrogens is 486 g/mol. The summed E-state index contributed by atoms with van der Waals surface area (Å²) in [6.07, 6.45) is 8.16. The van der Waals surface area contributed by atoms with Crippen molar-refractivity contribution in [2.75, 3.05) is 20.2 Å². The number of carbonyl (C=O) groups excluding carboxylic acids is 1. The zero-order chi connectivity index (χ0) is 26.7. The van der Waals surface area contributed by atoms with E-state index in [1.165, 1.54) is 19.3 Å². The standard InChI is InChI=1S/C28H37N5O5/c1-28(2,3)37-27(34)32-15-14-22(17-32)36-21-12-10-19(11-13-21)25-30-26(38-31-25)23-16-29-33(24(23)18-35-4)20-8-6-5-7-9-20/h10-13,16,20,22H,5-9,14-15,17-18H2,1-4H3. The first kappa shape index (κ1) is 26.2. The van der Waals surface area contributed by atoms with Gasteiger partial charge < -0.3 is 23.6 Å². The van der Waals surface area contributed by atoms with Gasteiger partial charge >= 0.3 is 6.09 Å². The monoisotopic (exact) mass is 523 g/mol. The topological polar surface area (TPSA) is 105 Å². The minimum Gasteiger partial charge on any atom is -0.489 e. The highest BCUT2D eigenvalue weighted by atomic mass is 16.6. The Morgan fingerprint density at radius 1 is 1.11 bits per heavy atom. The Hall–Kier alpha value is -3.40. The largest absolute Gasteiger partial charge is 0.489 e. The molecule has 2 aliphatic rings. The molecule has 3 heterocycles. The second-order valence-electron chi connectivity index (χ2n) is 11.1. The Morgan fingerprint density at radius 3 is 2.58 bits per heavy atom. The minimum atomic E-state index is -0.512. The summed E-state index contributed by atoms with van der Waals surface area (Å²) < 4.78 is 24.8. The van der Waals surface area contributed by atoms with Crippen LogP contribution in [0.1, 0.15) is 71.0 Å². The molecule has 0 N–H and O–H groups in total. The fourth-order valence-corrected chi connectivity index (χ4v) is 5.13. The van der Waals surface area contributed by atoms with E-state index in [0.717, 1.165) is 41.8 Å². The van der Waals surface area contributed by atoms with Gasteiger partial charge in [-0.1, -0.05) is 24.4 Å². The Balaban J connectivity index is 1.24. The number of ether oxygens (including phenoxy) is 3. The van der Waals surface area contributed by atoms with Crippen LogP contribution in [0.2, 0.25) is 0 Å². The number of nitrogens with zero attached hydrogens (tertiary/aromatic N) is 5. The van der Waals surface area contributed by atoms with Crippen molar-refractivity contribution in [3.8, 4) is 28.6 Å². The number of carbonyl (C=O) groups is 1. The molecule has 3 aromatic rings. The highest BCUT2D eigenvalue weighted by molar-refractivity contribution is 5.68. The number of hydrogen-bond donors (Lipinski definition) is 0. The van der Waals surface area contributed by atoms with Crippen LogP contribution in [0.15, 0.2) is 35.0 Å². The Labute approximate surface area is 223 Å². The fraction of sp³-hybridized carbons (Fsp3) is 0.571. The Bertz CT molecular complexity index is 1220. The normalized spacial score (nSPS) is 18.6. The molecule has 1 unspecified atom stereocenters. The summed E-state index contributed by atoms with van der Waals surface area (Å²) in [5, 5.41) is 8.89. The average Bonchev–Trinajstić information content (AvgIpc) is 3.64. The smallest absolute Gasteiger partial charge is 0.410 e. The molecule has 1 atom stereocenters. The van der Waals surface area contributed by atoms with Gasteiger partial charge in [-0.15, -0.1) is 0 Å². The van der Waals surface area contributed by atoms with Crippen LogP contribution in [-0.2, 0) is 16.1 Å². The maximum atomic E-state index is 12.3. The lowest BCUT2D eigenvalue weighted by Crippen LogP contribution is -2.36. The van der Waals surface area contributed by atoms with Crippen molar-refractivity contribution in [1.29, 1.82) is 0 Å². The molecule has 1 saturated heterocycles. The van der Waals surface area contributed by atoms with E-state index < -0.39 is 5.60 Å². The number of hydrogen-bond acceptors (Lipinski definition) is 8. The maximum Gasteiger partial charge on any atom is 0.410 e. The van der Waals surface area contributed by atoms with Gasteiger partial charge in [-0.3, -0.25) is 4.68 Å². The van der Waals surface area contributed by atoms with Crippen LogP contribution < -0.4 is 4.74 Å². The second kappa shape index (κ2) is 11.1. The van der Waals surface area contributed by atoms with Crippen molar-refractivity contribution < 1.29 is 23.5 Å². The summed E-state index contributed by atoms with van der Waals surface area (Å²) in [5.74, 6) is 1.66. The van der Waals surface area contributed by atoms with Crippen molar-refractivity contribution in [3.05, 3.63) is 36.2 Å². The van der Waals surface area contributed by atoms with E-state index in [1.807, 2.05) is 45.0 Å². The highest BCUT2D eigenvalue weighted by Gasteiger charge is 2.31. The molecule has 0 spiro atoms. The molecule has 0 radical (unpaired) electrons. The van der Waals surface area contributed by atoms with E-state index >= 15 is 0 Å². The molecule has 1 aliphatic heterocycles. The van der Waals surface area contributed by atoms with Gasteiger partial charge in [-0.2, -0.15) is 10.1 Å². The highest BCUT2D eigenvalue weighted by Crippen LogP contribution is 2.33. The predicted octanol–water partition coefficient (Wildman–Crippen LogP) is 5.64. The molecule has 1 saturated carbocycles. The van der Waals surface area contributed by atoms with Gasteiger partial charge in [-0.25, -0.2) is 4.79 Å². The molecule has 204 valence electrons. The van der Waals surface area contributed by atoms with Crippen molar-refractivity contribution in [2.24, 2.45) is 0 Å². The van der Waals surface area contributed by atoms with Gasteiger partial charge in [0.25, 0.3) is 5.89 Å². The molecule has 10 heteroatoms. The molecule has 5 rings (SSSR count). The van der Waals surface area contributed by atoms with Crippen LogP contribution in [0.4, 0.5) is 4.79 Å². The lowest BCUT2D eigenvalue weighted by atomic mass is 9.95. The van der Waals surface area contributed by atoms with E-state index in [4.69, 9.17) is 18.7 Å². The van der Waals surface area contributed by atoms with Crippen LogP contribution in [0.3, 0.4) is 0 Å². The van der Waals surface area contributed by atoms with Gasteiger partial charge in [0.05, 0.1) is 36.6 Å². The third-order valence-corrected chi connectivity index (χ3v) is 6.97. The first-order valence-corrected chi connectivity index (χ1v) is 13.4. The van der Waals surface area contributed by atoms with Crippen molar-refractivity contribution in [2.45, 2.75) is 83.6 Å². The number of aromatic nitrogens is 4. The summed E-state index contributed by atoms with van der Waals surface area (Å²) >= 11 is 0. The fourth-order valence-electron chi connectivity index (χ4n) is 5.13. The zero-order valence-corrected chi connectivity index (χ0v) is 22.7. The third kappa shape index (κ3) is 6.01. The SMILES string of the molecule is COCc1c(-c2nc(-c3ccc(OC4CCN(C(=O)OC(C)(C)C)C4)cc3)no2)cnn1C1CCCCC1. The average molecular weight is 524 g/mol. The molecule has 1 aliphatic carbocycles. The Morgan fingerprint density at radius 2 is 1.87 bits per heavy atom. The van der Waals surface area contributed by atoms with Gasteiger partial charge in [0.2, 0.25) is 5.82 Å². The molecule has 1 amide bonds. The van der Waals surface area contributed by atoms with E-state index in [1.54, 1.807) is 18.2 Å². The molecule has 2 fully saturated rings. The summed E-state index contributed by atoms with van der Waals surface area (Å²) in [5.41, 5.74) is 2.09. The second-order valence-corrected chi connectivity index (χ2v) is 11.1. The number of benzene rings is 1. The summed E-state index contributed by atoms with van der Waals surface area (Å²) in [4.78, 5) is 18.7. The van der Waals surface area contributed by atoms with Crippen LogP contribution in [0.25, 0.3) is 22.8 Å². The van der Waals surface area contributed by atoms with Crippen LogP contribution >= 0.6 is 0 Å². The van der Waals surface area contributed by atoms with Gasteiger partial charge in [0.15, 0.2) is 0 Å². The van der Waals surface area contributed by atoms with Crippen LogP contribution in [-0.4, -0.2) is 62.8 Å². The summed E-state index contributed by atoms with van der Waals surface area (Å²) in [6, 6.07) is 7.98. The summed E-state index contributed by atoms with van der Waals surface area (Å²) in [6.45, 7) is 7.15. The van der Waals surface area contributed by atoms with E-state index in [-0.39, 0.29) is 12.2 Å². The zero-order valence-electron chi connectivity index (χ0n) is 22.7. The van der Waals surface area contributed by atoms with Crippen LogP contribution in [0, 0.1) is 0 Å². The summed E-state index contributed by atoms with van der Waals surface area (Å²) in [7, 11) is 1.69. The van der Waals surface area contributed by atoms with Crippen molar-refractivity contribution in [1.82, 2.24) is 24.8 Å². The number of likely N-dealkylation sites (tertiary alicyclic amines) is 1. The van der Waals surface area contributed by atoms with Crippen molar-refractivity contribution >= 4 is 6.09 Å². The molecule has 38 heavy (non-hydrogen) atoms. The lowest BCUT2D eigenvalue weighted by Gasteiger charge is -2.24. The van der Waals surface area contributed by atoms with Crippen LogP contribution in [0.5, 0.6) is 5.75 Å². The van der Waals surface area contributed by atoms with Crippen molar-refractivity contribution in [3.63, 3.8) is 0 Å². The molecule has 10 nitrogen and oxygen atoms in total.